The quantitative estimate of drug-likeness (QED) is 0.906. The summed E-state index contributed by atoms with van der Waals surface area (Å²) in [5.41, 5.74) is 0.850. The topological polar surface area (TPSA) is 62.3 Å². The fourth-order valence-corrected chi connectivity index (χ4v) is 4.13. The molecule has 1 saturated heterocycles. The zero-order valence-corrected chi connectivity index (χ0v) is 14.8. The summed E-state index contributed by atoms with van der Waals surface area (Å²) in [7, 11) is 0. The van der Waals surface area contributed by atoms with Crippen molar-refractivity contribution in [3.63, 3.8) is 0 Å². The Labute approximate surface area is 146 Å². The molecule has 128 valence electrons. The predicted octanol–water partition coefficient (Wildman–Crippen LogP) is 2.75. The molecular formula is C18H23N3O2S. The number of amides is 2. The van der Waals surface area contributed by atoms with Crippen molar-refractivity contribution in [3.05, 3.63) is 30.0 Å². The van der Waals surface area contributed by atoms with Gasteiger partial charge < -0.3 is 10.2 Å². The summed E-state index contributed by atoms with van der Waals surface area (Å²) in [6.07, 6.45) is 3.71. The molecule has 2 aromatic rings. The zero-order valence-electron chi connectivity index (χ0n) is 14.0. The number of carbonyl (C=O) groups excluding carboxylic acids is 2. The highest BCUT2D eigenvalue weighted by atomic mass is 32.1. The van der Waals surface area contributed by atoms with Crippen LogP contribution < -0.4 is 5.32 Å². The molecule has 1 aliphatic rings. The van der Waals surface area contributed by atoms with E-state index in [0.717, 1.165) is 41.6 Å². The number of nitrogens with zero attached hydrogens (tertiary/aromatic N) is 2. The van der Waals surface area contributed by atoms with Gasteiger partial charge in [-0.2, -0.15) is 4.37 Å². The number of piperidine rings is 1. The molecule has 1 aromatic heterocycles. The minimum Gasteiger partial charge on any atom is -0.356 e. The van der Waals surface area contributed by atoms with Gasteiger partial charge in [-0.05, 0) is 43.8 Å². The second-order valence-corrected chi connectivity index (χ2v) is 7.00. The molecule has 0 saturated carbocycles. The van der Waals surface area contributed by atoms with E-state index >= 15 is 0 Å². The van der Waals surface area contributed by atoms with E-state index in [0.29, 0.717) is 19.4 Å². The Morgan fingerprint density at radius 2 is 2.17 bits per heavy atom. The first-order valence-electron chi connectivity index (χ1n) is 8.58. The third-order valence-corrected chi connectivity index (χ3v) is 5.38. The number of hydrogen-bond acceptors (Lipinski definition) is 4. The lowest BCUT2D eigenvalue weighted by atomic mass is 9.98. The summed E-state index contributed by atoms with van der Waals surface area (Å²) >= 11 is 1.44. The van der Waals surface area contributed by atoms with Gasteiger partial charge in [0.15, 0.2) is 0 Å². The number of rotatable bonds is 5. The Balaban J connectivity index is 1.71. The maximum Gasteiger partial charge on any atom is 0.228 e. The van der Waals surface area contributed by atoms with Gasteiger partial charge in [0.1, 0.15) is 0 Å². The second kappa shape index (κ2) is 7.75. The molecule has 0 spiro atoms. The van der Waals surface area contributed by atoms with Crippen molar-refractivity contribution in [3.8, 4) is 0 Å². The Morgan fingerprint density at radius 1 is 1.33 bits per heavy atom. The van der Waals surface area contributed by atoms with Crippen LogP contribution in [0.3, 0.4) is 0 Å². The fraction of sp³-hybridized carbons (Fsp3) is 0.500. The van der Waals surface area contributed by atoms with Crippen LogP contribution in [0.1, 0.15) is 38.3 Å². The number of aromatic nitrogens is 1. The monoisotopic (exact) mass is 345 g/mol. The molecule has 2 heterocycles. The van der Waals surface area contributed by atoms with Crippen LogP contribution in [-0.2, 0) is 16.0 Å². The van der Waals surface area contributed by atoms with Gasteiger partial charge in [0.25, 0.3) is 0 Å². The molecule has 0 aliphatic carbocycles. The predicted molar refractivity (Wildman–Crippen MR) is 96.0 cm³/mol. The fourth-order valence-electron chi connectivity index (χ4n) is 3.33. The third-order valence-electron chi connectivity index (χ3n) is 4.51. The van der Waals surface area contributed by atoms with Gasteiger partial charge in [-0.25, -0.2) is 0 Å². The van der Waals surface area contributed by atoms with Crippen molar-refractivity contribution in [1.29, 1.82) is 0 Å². The first-order valence-corrected chi connectivity index (χ1v) is 9.36. The summed E-state index contributed by atoms with van der Waals surface area (Å²) in [6.45, 7) is 3.28. The largest absolute Gasteiger partial charge is 0.356 e. The number of fused-ring (bicyclic) bond motifs is 1. The van der Waals surface area contributed by atoms with E-state index in [-0.39, 0.29) is 17.9 Å². The lowest BCUT2D eigenvalue weighted by Crippen LogP contribution is -2.46. The number of nitrogens with one attached hydrogen (secondary N) is 1. The van der Waals surface area contributed by atoms with E-state index < -0.39 is 0 Å². The highest BCUT2D eigenvalue weighted by molar-refractivity contribution is 7.13. The first kappa shape index (κ1) is 16.9. The van der Waals surface area contributed by atoms with Crippen molar-refractivity contribution in [1.82, 2.24) is 14.6 Å². The standard InChI is InChI=1S/C18H23N3O2S/c1-2-19-17(22)11-13-7-5-6-10-21(13)18(23)12-15-14-8-3-4-9-16(14)24-20-15/h3-4,8-9,13H,2,5-7,10-12H2,1H3,(H,19,22). The highest BCUT2D eigenvalue weighted by Crippen LogP contribution is 2.25. The number of likely N-dealkylation sites (tertiary alicyclic amines) is 1. The zero-order chi connectivity index (χ0) is 16.9. The molecule has 1 aromatic carbocycles. The third kappa shape index (κ3) is 3.75. The highest BCUT2D eigenvalue weighted by Gasteiger charge is 2.29. The minimum atomic E-state index is 0.0164. The molecule has 5 nitrogen and oxygen atoms in total. The smallest absolute Gasteiger partial charge is 0.228 e. The van der Waals surface area contributed by atoms with Crippen LogP contribution in [0.2, 0.25) is 0 Å². The molecule has 2 amide bonds. The number of carbonyl (C=O) groups is 2. The van der Waals surface area contributed by atoms with Crippen molar-refractivity contribution < 1.29 is 9.59 Å². The molecule has 1 fully saturated rings. The van der Waals surface area contributed by atoms with Crippen molar-refractivity contribution in [2.45, 2.75) is 45.1 Å². The van der Waals surface area contributed by atoms with Crippen LogP contribution in [-0.4, -0.2) is 40.2 Å². The van der Waals surface area contributed by atoms with E-state index in [4.69, 9.17) is 0 Å². The molecule has 0 radical (unpaired) electrons. The Morgan fingerprint density at radius 3 is 3.00 bits per heavy atom. The van der Waals surface area contributed by atoms with E-state index in [9.17, 15) is 9.59 Å². The lowest BCUT2D eigenvalue weighted by Gasteiger charge is -2.35. The molecule has 0 bridgehead atoms. The van der Waals surface area contributed by atoms with Crippen LogP contribution >= 0.6 is 11.5 Å². The van der Waals surface area contributed by atoms with Crippen LogP contribution in [0.25, 0.3) is 10.1 Å². The molecular weight excluding hydrogens is 322 g/mol. The Hall–Kier alpha value is -1.95. The molecule has 24 heavy (non-hydrogen) atoms. The number of benzene rings is 1. The van der Waals surface area contributed by atoms with E-state index in [1.54, 1.807) is 0 Å². The second-order valence-electron chi connectivity index (χ2n) is 6.20. The summed E-state index contributed by atoms with van der Waals surface area (Å²) in [4.78, 5) is 26.6. The summed E-state index contributed by atoms with van der Waals surface area (Å²) in [6, 6.07) is 8.02. The SMILES string of the molecule is CCNC(=O)CC1CCCCN1C(=O)Cc1nsc2ccccc12. The maximum atomic E-state index is 12.8. The molecule has 1 unspecified atom stereocenters. The molecule has 1 aliphatic heterocycles. The van der Waals surface area contributed by atoms with Gasteiger partial charge >= 0.3 is 0 Å². The van der Waals surface area contributed by atoms with Gasteiger partial charge in [0, 0.05) is 30.9 Å². The Kier molecular flexibility index (Phi) is 5.45. The van der Waals surface area contributed by atoms with Gasteiger partial charge in [0.05, 0.1) is 16.8 Å². The van der Waals surface area contributed by atoms with Crippen molar-refractivity contribution in [2.24, 2.45) is 0 Å². The molecule has 3 rings (SSSR count). The van der Waals surface area contributed by atoms with Crippen molar-refractivity contribution in [2.75, 3.05) is 13.1 Å². The van der Waals surface area contributed by atoms with Crippen LogP contribution in [0.15, 0.2) is 24.3 Å². The van der Waals surface area contributed by atoms with E-state index in [1.165, 1.54) is 11.5 Å². The maximum absolute atomic E-state index is 12.8. The van der Waals surface area contributed by atoms with Crippen LogP contribution in [0.4, 0.5) is 0 Å². The summed E-state index contributed by atoms with van der Waals surface area (Å²) < 4.78 is 5.57. The lowest BCUT2D eigenvalue weighted by molar-refractivity contribution is -0.135. The van der Waals surface area contributed by atoms with Gasteiger partial charge in [0.2, 0.25) is 11.8 Å². The van der Waals surface area contributed by atoms with Gasteiger partial charge in [-0.15, -0.1) is 0 Å². The van der Waals surface area contributed by atoms with E-state index in [1.807, 2.05) is 36.1 Å². The first-order chi connectivity index (χ1) is 11.7. The van der Waals surface area contributed by atoms with Gasteiger partial charge in [-0.1, -0.05) is 18.2 Å². The molecule has 1 N–H and O–H groups in total. The molecule has 6 heteroatoms. The van der Waals surface area contributed by atoms with Crippen LogP contribution in [0.5, 0.6) is 0 Å². The minimum absolute atomic E-state index is 0.0164. The van der Waals surface area contributed by atoms with Gasteiger partial charge in [-0.3, -0.25) is 9.59 Å². The van der Waals surface area contributed by atoms with Crippen molar-refractivity contribution >= 4 is 33.4 Å². The summed E-state index contributed by atoms with van der Waals surface area (Å²) in [5.74, 6) is 0.112. The number of hydrogen-bond donors (Lipinski definition) is 1. The average Bonchev–Trinajstić information content (AvgIpc) is 2.99. The van der Waals surface area contributed by atoms with Crippen LogP contribution in [0, 0.1) is 0 Å². The Bertz CT molecular complexity index is 728. The van der Waals surface area contributed by atoms with E-state index in [2.05, 4.69) is 9.69 Å². The molecule has 1 atom stereocenters. The average molecular weight is 345 g/mol. The summed E-state index contributed by atoms with van der Waals surface area (Å²) in [5, 5.41) is 3.90. The normalized spacial score (nSPS) is 17.9.